The summed E-state index contributed by atoms with van der Waals surface area (Å²) in [5, 5.41) is 5.50. The molecule has 4 heterocycles. The number of hydrogen-bond donors (Lipinski definition) is 0. The molecular weight excluding hydrogens is 410 g/mol. The van der Waals surface area contributed by atoms with Crippen LogP contribution in [0.15, 0.2) is 79.9 Å². The smallest absolute Gasteiger partial charge is 0.269 e. The van der Waals surface area contributed by atoms with E-state index >= 15 is 0 Å². The molecule has 2 aliphatic heterocycles. The maximum Gasteiger partial charge on any atom is 0.269 e. The minimum atomic E-state index is -4.10. The minimum absolute atomic E-state index is 0.0501. The van der Waals surface area contributed by atoms with Gasteiger partial charge >= 0.3 is 0 Å². The normalized spacial score (nSPS) is 19.8. The van der Waals surface area contributed by atoms with Crippen molar-refractivity contribution in [3.63, 3.8) is 0 Å². The number of benzene rings is 1. The second-order valence-electron chi connectivity index (χ2n) is 6.81. The van der Waals surface area contributed by atoms with E-state index in [0.29, 0.717) is 28.0 Å². The molecule has 0 radical (unpaired) electrons. The zero-order valence-corrected chi connectivity index (χ0v) is 16.3. The van der Waals surface area contributed by atoms with E-state index in [1.807, 2.05) is 0 Å². The minimum Gasteiger partial charge on any atom is -0.467 e. The maximum atomic E-state index is 13.1. The molecule has 0 spiro atoms. The summed E-state index contributed by atoms with van der Waals surface area (Å²) in [5.41, 5.74) is 0.572. The van der Waals surface area contributed by atoms with Crippen LogP contribution in [-0.4, -0.2) is 41.8 Å². The molecule has 2 aromatic heterocycles. The summed E-state index contributed by atoms with van der Waals surface area (Å²) in [4.78, 5) is 25.6. The lowest BCUT2D eigenvalue weighted by Crippen LogP contribution is -2.41. The van der Waals surface area contributed by atoms with Crippen LogP contribution in [0.1, 0.15) is 34.3 Å². The largest absolute Gasteiger partial charge is 0.467 e. The number of carbonyl (C=O) groups excluding carboxylic acids is 2. The molecular formula is C20H15N3O6S. The maximum absolute atomic E-state index is 13.1. The molecule has 0 saturated carbocycles. The Morgan fingerprint density at radius 1 is 1.07 bits per heavy atom. The molecule has 0 unspecified atom stereocenters. The number of nitrogens with zero attached hydrogens (tertiary/aromatic N) is 3. The van der Waals surface area contributed by atoms with Gasteiger partial charge in [-0.25, -0.2) is 17.7 Å². The number of rotatable bonds is 4. The van der Waals surface area contributed by atoms with Crippen molar-refractivity contribution in [2.75, 3.05) is 6.54 Å². The van der Waals surface area contributed by atoms with E-state index in [-0.39, 0.29) is 10.5 Å². The van der Waals surface area contributed by atoms with Crippen molar-refractivity contribution in [3.8, 4) is 0 Å². The standard InChI is InChI=1S/C20H15N3O6S/c24-19(12-22-20(25)13-5-1-2-8-18(13)30(22,26)27)23-15(17-7-4-10-29-17)11-14(21-23)16-6-3-9-28-16/h1-10,15H,11-12H2/t15-/m1/s1. The summed E-state index contributed by atoms with van der Waals surface area (Å²) < 4.78 is 37.0. The average Bonchev–Trinajstić information content (AvgIpc) is 3.52. The molecule has 0 fully saturated rings. The molecule has 0 bridgehead atoms. The number of hydrogen-bond acceptors (Lipinski definition) is 7. The second-order valence-corrected chi connectivity index (χ2v) is 8.64. The molecule has 10 heteroatoms. The third-order valence-corrected chi connectivity index (χ3v) is 6.82. The number of carbonyl (C=O) groups is 2. The lowest BCUT2D eigenvalue weighted by Gasteiger charge is -2.22. The summed E-state index contributed by atoms with van der Waals surface area (Å²) in [6.45, 7) is -0.665. The van der Waals surface area contributed by atoms with E-state index in [4.69, 9.17) is 8.83 Å². The SMILES string of the molecule is O=C(CN1C(=O)c2ccccc2S1(=O)=O)N1N=C(c2ccco2)C[C@@H]1c1ccco1. The Balaban J connectivity index is 1.46. The summed E-state index contributed by atoms with van der Waals surface area (Å²) >= 11 is 0. The average molecular weight is 425 g/mol. The van der Waals surface area contributed by atoms with Gasteiger partial charge in [0.1, 0.15) is 34.7 Å². The van der Waals surface area contributed by atoms with Crippen molar-refractivity contribution >= 4 is 27.5 Å². The van der Waals surface area contributed by atoms with Crippen molar-refractivity contribution < 1.29 is 26.8 Å². The van der Waals surface area contributed by atoms with Gasteiger partial charge in [-0.3, -0.25) is 9.59 Å². The van der Waals surface area contributed by atoms with Gasteiger partial charge < -0.3 is 8.83 Å². The van der Waals surface area contributed by atoms with Gasteiger partial charge in [0.25, 0.3) is 21.8 Å². The van der Waals surface area contributed by atoms with Crippen LogP contribution in [-0.2, 0) is 14.8 Å². The van der Waals surface area contributed by atoms with E-state index in [0.717, 1.165) is 5.01 Å². The fourth-order valence-corrected chi connectivity index (χ4v) is 5.14. The quantitative estimate of drug-likeness (QED) is 0.634. The highest BCUT2D eigenvalue weighted by Gasteiger charge is 2.44. The highest BCUT2D eigenvalue weighted by molar-refractivity contribution is 7.90. The van der Waals surface area contributed by atoms with E-state index in [9.17, 15) is 18.0 Å². The van der Waals surface area contributed by atoms with Gasteiger partial charge in [0, 0.05) is 6.42 Å². The number of sulfonamides is 1. The molecule has 3 aromatic rings. The van der Waals surface area contributed by atoms with Gasteiger partial charge in [0.05, 0.1) is 18.1 Å². The van der Waals surface area contributed by atoms with Crippen LogP contribution in [0.25, 0.3) is 0 Å². The number of hydrazone groups is 1. The first-order valence-corrected chi connectivity index (χ1v) is 10.5. The molecule has 1 aromatic carbocycles. The van der Waals surface area contributed by atoms with Crippen LogP contribution < -0.4 is 0 Å². The van der Waals surface area contributed by atoms with Crippen molar-refractivity contribution in [2.45, 2.75) is 17.4 Å². The summed E-state index contributed by atoms with van der Waals surface area (Å²) in [7, 11) is -4.10. The van der Waals surface area contributed by atoms with Gasteiger partial charge in [0.2, 0.25) is 0 Å². The Bertz CT molecular complexity index is 1260. The Morgan fingerprint density at radius 3 is 2.53 bits per heavy atom. The molecule has 2 amide bonds. The Morgan fingerprint density at radius 2 is 1.83 bits per heavy atom. The van der Waals surface area contributed by atoms with Crippen molar-refractivity contribution in [1.82, 2.24) is 9.31 Å². The molecule has 9 nitrogen and oxygen atoms in total. The first-order valence-electron chi connectivity index (χ1n) is 9.10. The molecule has 5 rings (SSSR count). The van der Waals surface area contributed by atoms with Crippen LogP contribution in [0, 0.1) is 0 Å². The number of fused-ring (bicyclic) bond motifs is 1. The van der Waals surface area contributed by atoms with Crippen LogP contribution in [0.2, 0.25) is 0 Å². The van der Waals surface area contributed by atoms with Gasteiger partial charge in [-0.15, -0.1) is 0 Å². The molecule has 0 N–H and O–H groups in total. The van der Waals surface area contributed by atoms with Crippen molar-refractivity contribution in [1.29, 1.82) is 0 Å². The Labute approximate surface area is 171 Å². The van der Waals surface area contributed by atoms with Gasteiger partial charge in [0.15, 0.2) is 0 Å². The van der Waals surface area contributed by atoms with Gasteiger partial charge in [-0.2, -0.15) is 5.10 Å². The van der Waals surface area contributed by atoms with E-state index in [1.165, 1.54) is 30.7 Å². The second kappa shape index (κ2) is 6.70. The number of furan rings is 2. The summed E-state index contributed by atoms with van der Waals surface area (Å²) in [6.07, 6.45) is 3.30. The van der Waals surface area contributed by atoms with Gasteiger partial charge in [-0.05, 0) is 36.4 Å². The molecule has 2 aliphatic rings. The van der Waals surface area contributed by atoms with Crippen LogP contribution >= 0.6 is 0 Å². The molecule has 152 valence electrons. The highest BCUT2D eigenvalue weighted by atomic mass is 32.2. The van der Waals surface area contributed by atoms with Gasteiger partial charge in [-0.1, -0.05) is 12.1 Å². The highest BCUT2D eigenvalue weighted by Crippen LogP contribution is 2.35. The topological polar surface area (TPSA) is 113 Å². The predicted octanol–water partition coefficient (Wildman–Crippen LogP) is 2.40. The number of amides is 2. The van der Waals surface area contributed by atoms with Crippen LogP contribution in [0.5, 0.6) is 0 Å². The van der Waals surface area contributed by atoms with Crippen molar-refractivity contribution in [2.24, 2.45) is 5.10 Å². The first-order chi connectivity index (χ1) is 14.5. The molecule has 30 heavy (non-hydrogen) atoms. The summed E-state index contributed by atoms with van der Waals surface area (Å²) in [6, 6.07) is 12.1. The zero-order valence-electron chi connectivity index (χ0n) is 15.5. The summed E-state index contributed by atoms with van der Waals surface area (Å²) in [5.74, 6) is -0.391. The first kappa shape index (κ1) is 18.4. The monoisotopic (exact) mass is 425 g/mol. The fourth-order valence-electron chi connectivity index (χ4n) is 3.62. The molecule has 1 atom stereocenters. The molecule has 0 saturated heterocycles. The third kappa shape index (κ3) is 2.76. The van der Waals surface area contributed by atoms with E-state index in [1.54, 1.807) is 30.3 Å². The lowest BCUT2D eigenvalue weighted by molar-refractivity contribution is -0.133. The predicted molar refractivity (Wildman–Crippen MR) is 103 cm³/mol. The zero-order chi connectivity index (χ0) is 20.9. The third-order valence-electron chi connectivity index (χ3n) is 5.03. The lowest BCUT2D eigenvalue weighted by atomic mass is 10.1. The van der Waals surface area contributed by atoms with E-state index in [2.05, 4.69) is 5.10 Å². The fraction of sp³-hybridized carbons (Fsp3) is 0.150. The molecule has 0 aliphatic carbocycles. The van der Waals surface area contributed by atoms with Crippen LogP contribution in [0.4, 0.5) is 0 Å². The Hall–Kier alpha value is -3.66. The Kier molecular flexibility index (Phi) is 4.10. The van der Waals surface area contributed by atoms with E-state index < -0.39 is 34.4 Å². The van der Waals surface area contributed by atoms with Crippen molar-refractivity contribution in [3.05, 3.63) is 78.1 Å². The van der Waals surface area contributed by atoms with Crippen LogP contribution in [0.3, 0.4) is 0 Å².